The molecule has 1 N–H and O–H groups in total. The van der Waals surface area contributed by atoms with Gasteiger partial charge in [0.1, 0.15) is 0 Å². The fourth-order valence-electron chi connectivity index (χ4n) is 3.55. The molecule has 2 unspecified atom stereocenters. The number of thiocarbonyl (C=S) groups is 1. The molecule has 124 valence electrons. The van der Waals surface area contributed by atoms with Crippen LogP contribution in [0.3, 0.4) is 0 Å². The number of benzene rings is 2. The minimum absolute atomic E-state index is 0.0734. The van der Waals surface area contributed by atoms with Crippen molar-refractivity contribution in [2.45, 2.75) is 12.3 Å². The van der Waals surface area contributed by atoms with Crippen LogP contribution in [-0.2, 0) is 4.79 Å². The van der Waals surface area contributed by atoms with Crippen molar-refractivity contribution in [3.63, 3.8) is 0 Å². The Morgan fingerprint density at radius 2 is 1.80 bits per heavy atom. The van der Waals surface area contributed by atoms with Crippen LogP contribution in [0.15, 0.2) is 65.7 Å². The standard InChI is InChI=1S/C20H15ClN2OS/c21-16-9-5-4-8-14(16)15-10-13(12-6-2-1-3-7-12)11-17-18(15)19(24)23-20(25)22-17/h1-9,11,15,18H,10H2,(H,23,24,25). The largest absolute Gasteiger partial charge is 0.301 e. The van der Waals surface area contributed by atoms with Crippen molar-refractivity contribution in [2.24, 2.45) is 10.9 Å². The van der Waals surface area contributed by atoms with E-state index in [9.17, 15) is 4.79 Å². The molecule has 0 saturated heterocycles. The molecule has 2 aromatic rings. The zero-order chi connectivity index (χ0) is 17.4. The van der Waals surface area contributed by atoms with Gasteiger partial charge in [-0.05, 0) is 47.5 Å². The first kappa shape index (κ1) is 16.2. The van der Waals surface area contributed by atoms with E-state index in [1.165, 1.54) is 0 Å². The zero-order valence-electron chi connectivity index (χ0n) is 13.3. The van der Waals surface area contributed by atoms with Gasteiger partial charge in [-0.1, -0.05) is 60.1 Å². The van der Waals surface area contributed by atoms with E-state index in [-0.39, 0.29) is 22.9 Å². The van der Waals surface area contributed by atoms with Crippen LogP contribution >= 0.6 is 23.8 Å². The van der Waals surface area contributed by atoms with Gasteiger partial charge in [0.2, 0.25) is 5.91 Å². The topological polar surface area (TPSA) is 41.5 Å². The van der Waals surface area contributed by atoms with Crippen LogP contribution in [0.4, 0.5) is 0 Å². The van der Waals surface area contributed by atoms with E-state index < -0.39 is 0 Å². The predicted octanol–water partition coefficient (Wildman–Crippen LogP) is 4.38. The van der Waals surface area contributed by atoms with Crippen molar-refractivity contribution in [1.29, 1.82) is 0 Å². The number of halogens is 1. The third-order valence-corrected chi connectivity index (χ3v) is 5.21. The SMILES string of the molecule is O=C1NC(=S)N=C2C=C(c3ccccc3)CC(c3ccccc3Cl)C12. The van der Waals surface area contributed by atoms with Crippen LogP contribution in [0.1, 0.15) is 23.5 Å². The van der Waals surface area contributed by atoms with Crippen LogP contribution < -0.4 is 5.32 Å². The van der Waals surface area contributed by atoms with Crippen molar-refractivity contribution in [2.75, 3.05) is 0 Å². The Bertz CT molecular complexity index is 920. The number of amides is 1. The normalized spacial score (nSPS) is 22.6. The Kier molecular flexibility index (Phi) is 4.24. The molecule has 25 heavy (non-hydrogen) atoms. The molecule has 0 fully saturated rings. The lowest BCUT2D eigenvalue weighted by Gasteiger charge is -2.34. The van der Waals surface area contributed by atoms with Gasteiger partial charge in [0.15, 0.2) is 5.11 Å². The lowest BCUT2D eigenvalue weighted by molar-refractivity contribution is -0.122. The van der Waals surface area contributed by atoms with Gasteiger partial charge in [-0.15, -0.1) is 0 Å². The lowest BCUT2D eigenvalue weighted by atomic mass is 9.72. The number of allylic oxidation sites excluding steroid dienone is 2. The molecule has 4 rings (SSSR count). The summed E-state index contributed by atoms with van der Waals surface area (Å²) in [5.41, 5.74) is 3.94. The fourth-order valence-corrected chi connectivity index (χ4v) is 4.04. The summed E-state index contributed by atoms with van der Waals surface area (Å²) in [5, 5.41) is 3.58. The third-order valence-electron chi connectivity index (χ3n) is 4.68. The van der Waals surface area contributed by atoms with Gasteiger partial charge >= 0.3 is 0 Å². The van der Waals surface area contributed by atoms with Gasteiger partial charge in [-0.2, -0.15) is 0 Å². The monoisotopic (exact) mass is 366 g/mol. The molecule has 2 atom stereocenters. The molecule has 0 saturated carbocycles. The number of nitrogens with one attached hydrogen (secondary N) is 1. The summed E-state index contributed by atoms with van der Waals surface area (Å²) in [6.07, 6.45) is 2.72. The molecule has 0 aromatic heterocycles. The van der Waals surface area contributed by atoms with E-state index in [0.29, 0.717) is 10.7 Å². The number of rotatable bonds is 2. The molecular weight excluding hydrogens is 352 g/mol. The summed E-state index contributed by atoms with van der Waals surface area (Å²) in [6.45, 7) is 0. The summed E-state index contributed by atoms with van der Waals surface area (Å²) < 4.78 is 0. The van der Waals surface area contributed by atoms with E-state index >= 15 is 0 Å². The van der Waals surface area contributed by atoms with Crippen LogP contribution in [0, 0.1) is 5.92 Å². The summed E-state index contributed by atoms with van der Waals surface area (Å²) >= 11 is 11.6. The molecule has 2 aromatic carbocycles. The average Bonchev–Trinajstić information content (AvgIpc) is 2.61. The number of fused-ring (bicyclic) bond motifs is 1. The van der Waals surface area contributed by atoms with Crippen LogP contribution in [-0.4, -0.2) is 16.7 Å². The second kappa shape index (κ2) is 6.54. The van der Waals surface area contributed by atoms with E-state index in [1.807, 2.05) is 48.5 Å². The van der Waals surface area contributed by atoms with Crippen LogP contribution in [0.2, 0.25) is 5.02 Å². The van der Waals surface area contributed by atoms with Crippen molar-refractivity contribution < 1.29 is 4.79 Å². The highest BCUT2D eigenvalue weighted by Crippen LogP contribution is 2.43. The highest BCUT2D eigenvalue weighted by molar-refractivity contribution is 7.80. The maximum absolute atomic E-state index is 12.6. The fraction of sp³-hybridized carbons (Fsp3) is 0.150. The summed E-state index contributed by atoms with van der Waals surface area (Å²) in [4.78, 5) is 17.1. The average molecular weight is 367 g/mol. The molecule has 0 bridgehead atoms. The van der Waals surface area contributed by atoms with E-state index in [4.69, 9.17) is 23.8 Å². The van der Waals surface area contributed by atoms with Crippen LogP contribution in [0.5, 0.6) is 0 Å². The highest BCUT2D eigenvalue weighted by atomic mass is 35.5. The highest BCUT2D eigenvalue weighted by Gasteiger charge is 2.40. The first-order chi connectivity index (χ1) is 12.1. The molecule has 2 aliphatic rings. The molecule has 0 radical (unpaired) electrons. The van der Waals surface area contributed by atoms with Gasteiger partial charge in [0.25, 0.3) is 0 Å². The number of hydrogen-bond donors (Lipinski definition) is 1. The van der Waals surface area contributed by atoms with Gasteiger partial charge in [-0.25, -0.2) is 4.99 Å². The zero-order valence-corrected chi connectivity index (χ0v) is 14.8. The van der Waals surface area contributed by atoms with E-state index in [1.54, 1.807) is 0 Å². The summed E-state index contributed by atoms with van der Waals surface area (Å²) in [6, 6.07) is 17.8. The van der Waals surface area contributed by atoms with Crippen LogP contribution in [0.25, 0.3) is 5.57 Å². The second-order valence-electron chi connectivity index (χ2n) is 6.18. The second-order valence-corrected chi connectivity index (χ2v) is 6.97. The molecule has 1 aliphatic carbocycles. The molecule has 5 heteroatoms. The lowest BCUT2D eigenvalue weighted by Crippen LogP contribution is -2.46. The molecule has 1 amide bonds. The Balaban J connectivity index is 1.86. The number of carbonyl (C=O) groups is 1. The smallest absolute Gasteiger partial charge is 0.235 e. The molecule has 0 spiro atoms. The number of aliphatic imine (C=N–C) groups is 1. The van der Waals surface area contributed by atoms with E-state index in [0.717, 1.165) is 23.1 Å². The van der Waals surface area contributed by atoms with Crippen molar-refractivity contribution in [3.8, 4) is 0 Å². The minimum atomic E-state index is -0.376. The maximum Gasteiger partial charge on any atom is 0.235 e. The van der Waals surface area contributed by atoms with Gasteiger partial charge in [0, 0.05) is 10.9 Å². The first-order valence-electron chi connectivity index (χ1n) is 8.07. The molecule has 1 heterocycles. The number of nitrogens with zero attached hydrogens (tertiary/aromatic N) is 1. The van der Waals surface area contributed by atoms with Crippen molar-refractivity contribution in [1.82, 2.24) is 5.32 Å². The quantitative estimate of drug-likeness (QED) is 0.801. The van der Waals surface area contributed by atoms with Gasteiger partial charge in [0.05, 0.1) is 11.6 Å². The molecule has 1 aliphatic heterocycles. The Labute approximate surface area is 156 Å². The van der Waals surface area contributed by atoms with Gasteiger partial charge in [-0.3, -0.25) is 4.79 Å². The first-order valence-corrected chi connectivity index (χ1v) is 8.86. The molecular formula is C20H15ClN2OS. The summed E-state index contributed by atoms with van der Waals surface area (Å²) in [5.74, 6) is -0.557. The Morgan fingerprint density at radius 3 is 2.56 bits per heavy atom. The minimum Gasteiger partial charge on any atom is -0.301 e. The van der Waals surface area contributed by atoms with Crippen molar-refractivity contribution >= 4 is 46.1 Å². The number of carbonyl (C=O) groups excluding carboxylic acids is 1. The van der Waals surface area contributed by atoms with Gasteiger partial charge < -0.3 is 5.32 Å². The Morgan fingerprint density at radius 1 is 1.08 bits per heavy atom. The maximum atomic E-state index is 12.6. The number of hydrogen-bond acceptors (Lipinski definition) is 2. The molecule has 3 nitrogen and oxygen atoms in total. The van der Waals surface area contributed by atoms with Crippen molar-refractivity contribution in [3.05, 3.63) is 76.8 Å². The van der Waals surface area contributed by atoms with E-state index in [2.05, 4.69) is 22.4 Å². The Hall–Kier alpha value is -2.30. The predicted molar refractivity (Wildman–Crippen MR) is 105 cm³/mol. The third kappa shape index (κ3) is 3.03. The summed E-state index contributed by atoms with van der Waals surface area (Å²) in [7, 11) is 0.